The molecule has 0 saturated heterocycles. The SMILES string of the molecule is C[C@@H]1CN([C@H](C)CO)C(=O)CCCn2cc(nn2)CO[C@H]1CN(C)C(=O)Nc1ccc2c(c1)OCCO2. The first-order valence-electron chi connectivity index (χ1n) is 12.7. The number of aryl methyl sites for hydroxylation is 1. The van der Waals surface area contributed by atoms with Crippen molar-refractivity contribution in [3.8, 4) is 11.5 Å². The predicted octanol–water partition coefficient (Wildman–Crippen LogP) is 1.74. The van der Waals surface area contributed by atoms with Crippen molar-refractivity contribution in [1.29, 1.82) is 0 Å². The van der Waals surface area contributed by atoms with E-state index in [9.17, 15) is 14.7 Å². The summed E-state index contributed by atoms with van der Waals surface area (Å²) in [6.07, 6.45) is 2.38. The lowest BCUT2D eigenvalue weighted by molar-refractivity contribution is -0.136. The number of aromatic nitrogens is 3. The summed E-state index contributed by atoms with van der Waals surface area (Å²) in [7, 11) is 1.69. The lowest BCUT2D eigenvalue weighted by Gasteiger charge is -2.35. The quantitative estimate of drug-likeness (QED) is 0.614. The van der Waals surface area contributed by atoms with Crippen molar-refractivity contribution in [3.63, 3.8) is 0 Å². The average molecular weight is 517 g/mol. The maximum Gasteiger partial charge on any atom is 0.321 e. The van der Waals surface area contributed by atoms with Crippen molar-refractivity contribution >= 4 is 17.6 Å². The Hall–Kier alpha value is -3.38. The molecule has 12 nitrogen and oxygen atoms in total. The number of ether oxygens (including phenoxy) is 3. The Balaban J connectivity index is 1.46. The van der Waals surface area contributed by atoms with Gasteiger partial charge in [0.05, 0.1) is 31.6 Å². The molecule has 3 atom stereocenters. The fourth-order valence-electron chi connectivity index (χ4n) is 4.39. The van der Waals surface area contributed by atoms with Crippen LogP contribution in [-0.2, 0) is 22.7 Å². The average Bonchev–Trinajstić information content (AvgIpc) is 3.36. The number of carbonyl (C=O) groups is 2. The number of aliphatic hydroxyl groups excluding tert-OH is 1. The largest absolute Gasteiger partial charge is 0.486 e. The molecule has 1 aromatic heterocycles. The van der Waals surface area contributed by atoms with Crippen LogP contribution in [0.4, 0.5) is 10.5 Å². The van der Waals surface area contributed by atoms with Gasteiger partial charge in [-0.05, 0) is 25.5 Å². The molecular formula is C25H36N6O6. The van der Waals surface area contributed by atoms with Crippen molar-refractivity contribution in [1.82, 2.24) is 24.8 Å². The molecule has 3 heterocycles. The molecule has 1 aromatic carbocycles. The highest BCUT2D eigenvalue weighted by atomic mass is 16.6. The molecule has 0 saturated carbocycles. The number of nitrogens with zero attached hydrogens (tertiary/aromatic N) is 5. The minimum Gasteiger partial charge on any atom is -0.486 e. The van der Waals surface area contributed by atoms with E-state index in [-0.39, 0.29) is 43.7 Å². The van der Waals surface area contributed by atoms with E-state index in [1.807, 2.05) is 20.0 Å². The third kappa shape index (κ3) is 6.89. The van der Waals surface area contributed by atoms with Crippen LogP contribution in [0.5, 0.6) is 11.5 Å². The Morgan fingerprint density at radius 3 is 2.86 bits per heavy atom. The highest BCUT2D eigenvalue weighted by Gasteiger charge is 2.29. The van der Waals surface area contributed by atoms with Gasteiger partial charge in [-0.2, -0.15) is 0 Å². The molecular weight excluding hydrogens is 480 g/mol. The number of hydrogen-bond acceptors (Lipinski definition) is 8. The van der Waals surface area contributed by atoms with Gasteiger partial charge in [0.2, 0.25) is 5.91 Å². The van der Waals surface area contributed by atoms with Gasteiger partial charge in [0.25, 0.3) is 0 Å². The van der Waals surface area contributed by atoms with Crippen molar-refractivity contribution < 1.29 is 28.9 Å². The van der Waals surface area contributed by atoms with Crippen molar-refractivity contribution in [2.45, 2.75) is 52.0 Å². The molecule has 2 N–H and O–H groups in total. The highest BCUT2D eigenvalue weighted by Crippen LogP contribution is 2.32. The second-order valence-electron chi connectivity index (χ2n) is 9.65. The van der Waals surface area contributed by atoms with Gasteiger partial charge in [0, 0.05) is 50.8 Å². The number of anilines is 1. The molecule has 3 amide bonds. The second-order valence-corrected chi connectivity index (χ2v) is 9.65. The number of rotatable bonds is 5. The molecule has 0 radical (unpaired) electrons. The third-order valence-electron chi connectivity index (χ3n) is 6.64. The molecule has 4 rings (SSSR count). The van der Waals surface area contributed by atoms with Crippen LogP contribution < -0.4 is 14.8 Å². The van der Waals surface area contributed by atoms with E-state index in [1.165, 1.54) is 0 Å². The van der Waals surface area contributed by atoms with Crippen LogP contribution in [0.1, 0.15) is 32.4 Å². The van der Waals surface area contributed by atoms with Crippen LogP contribution >= 0.6 is 0 Å². The first-order chi connectivity index (χ1) is 17.8. The zero-order valence-corrected chi connectivity index (χ0v) is 21.6. The zero-order chi connectivity index (χ0) is 26.4. The van der Waals surface area contributed by atoms with Crippen molar-refractivity contribution in [2.75, 3.05) is 45.3 Å². The number of carbonyl (C=O) groups excluding carboxylic acids is 2. The minimum absolute atomic E-state index is 0.0311. The fourth-order valence-corrected chi connectivity index (χ4v) is 4.39. The van der Waals surface area contributed by atoms with Gasteiger partial charge in [0.1, 0.15) is 18.9 Å². The number of hydrogen-bond donors (Lipinski definition) is 2. The molecule has 2 aliphatic rings. The highest BCUT2D eigenvalue weighted by molar-refractivity contribution is 5.89. The maximum absolute atomic E-state index is 13.0. The van der Waals surface area contributed by atoms with Crippen LogP contribution in [0.3, 0.4) is 0 Å². The zero-order valence-electron chi connectivity index (χ0n) is 21.6. The van der Waals surface area contributed by atoms with E-state index < -0.39 is 6.10 Å². The van der Waals surface area contributed by atoms with E-state index >= 15 is 0 Å². The van der Waals surface area contributed by atoms with Crippen LogP contribution in [0, 0.1) is 5.92 Å². The molecule has 0 spiro atoms. The number of amides is 3. The van der Waals surface area contributed by atoms with Crippen LogP contribution in [0.15, 0.2) is 24.4 Å². The van der Waals surface area contributed by atoms with E-state index in [1.54, 1.807) is 39.7 Å². The summed E-state index contributed by atoms with van der Waals surface area (Å²) in [5.41, 5.74) is 1.28. The second kappa shape index (κ2) is 12.2. The van der Waals surface area contributed by atoms with Gasteiger partial charge in [0.15, 0.2) is 11.5 Å². The molecule has 37 heavy (non-hydrogen) atoms. The maximum atomic E-state index is 13.0. The van der Waals surface area contributed by atoms with Gasteiger partial charge >= 0.3 is 6.03 Å². The molecule has 12 heteroatoms. The Kier molecular flexibility index (Phi) is 8.82. The molecule has 202 valence electrons. The molecule has 2 aliphatic heterocycles. The van der Waals surface area contributed by atoms with Crippen LogP contribution in [-0.4, -0.2) is 93.9 Å². The van der Waals surface area contributed by atoms with E-state index in [0.717, 1.165) is 0 Å². The normalized spacial score (nSPS) is 21.3. The summed E-state index contributed by atoms with van der Waals surface area (Å²) in [4.78, 5) is 29.3. The standard InChI is InChI=1S/C25H36N6O6/c1-17-12-31(18(2)15-32)24(33)5-4-8-30-13-20(27-28-30)16-37-23(17)14-29(3)25(34)26-19-6-7-21-22(11-19)36-10-9-35-21/h6-7,11,13,17-18,23,32H,4-5,8-10,12,14-16H2,1-3H3,(H,26,34)/t17-,18-,23+/m1/s1. The van der Waals surface area contributed by atoms with Gasteiger partial charge in [-0.3, -0.25) is 9.48 Å². The molecule has 2 aromatic rings. The molecule has 2 bridgehead atoms. The number of fused-ring (bicyclic) bond motifs is 3. The lowest BCUT2D eigenvalue weighted by Crippen LogP contribution is -2.48. The Labute approximate surface area is 216 Å². The predicted molar refractivity (Wildman–Crippen MR) is 134 cm³/mol. The van der Waals surface area contributed by atoms with Gasteiger partial charge in [-0.1, -0.05) is 12.1 Å². The van der Waals surface area contributed by atoms with Crippen LogP contribution in [0.2, 0.25) is 0 Å². The minimum atomic E-state index is -0.400. The molecule has 0 fully saturated rings. The molecule has 0 unspecified atom stereocenters. The monoisotopic (exact) mass is 516 g/mol. The topological polar surface area (TPSA) is 131 Å². The van der Waals surface area contributed by atoms with Gasteiger partial charge in [-0.15, -0.1) is 5.10 Å². The fraction of sp³-hybridized carbons (Fsp3) is 0.600. The van der Waals surface area contributed by atoms with Gasteiger partial charge in [-0.25, -0.2) is 4.79 Å². The van der Waals surface area contributed by atoms with Crippen molar-refractivity contribution in [2.24, 2.45) is 5.92 Å². The smallest absolute Gasteiger partial charge is 0.321 e. The number of nitrogens with one attached hydrogen (secondary N) is 1. The number of urea groups is 1. The van der Waals surface area contributed by atoms with E-state index in [2.05, 4.69) is 15.6 Å². The van der Waals surface area contributed by atoms with E-state index in [4.69, 9.17) is 14.2 Å². The summed E-state index contributed by atoms with van der Waals surface area (Å²) >= 11 is 0. The Morgan fingerprint density at radius 1 is 1.30 bits per heavy atom. The summed E-state index contributed by atoms with van der Waals surface area (Å²) in [6.45, 7) is 6.12. The summed E-state index contributed by atoms with van der Waals surface area (Å²) in [5.74, 6) is 1.08. The first kappa shape index (κ1) is 26.7. The Bertz CT molecular complexity index is 1080. The summed E-state index contributed by atoms with van der Waals surface area (Å²) in [6, 6.07) is 4.64. The number of benzene rings is 1. The molecule has 0 aliphatic carbocycles. The number of aliphatic hydroxyl groups is 1. The van der Waals surface area contributed by atoms with Gasteiger partial charge < -0.3 is 34.4 Å². The summed E-state index contributed by atoms with van der Waals surface area (Å²) in [5, 5.41) is 20.9. The van der Waals surface area contributed by atoms with Crippen LogP contribution in [0.25, 0.3) is 0 Å². The van der Waals surface area contributed by atoms with Crippen molar-refractivity contribution in [3.05, 3.63) is 30.1 Å². The number of likely N-dealkylation sites (N-methyl/N-ethyl adjacent to an activating group) is 1. The van der Waals surface area contributed by atoms with E-state index in [0.29, 0.717) is 62.0 Å². The summed E-state index contributed by atoms with van der Waals surface area (Å²) < 4.78 is 19.1. The third-order valence-corrected chi connectivity index (χ3v) is 6.64. The first-order valence-corrected chi connectivity index (χ1v) is 12.7. The lowest BCUT2D eigenvalue weighted by atomic mass is 10.0. The Morgan fingerprint density at radius 2 is 2.08 bits per heavy atom.